The highest BCUT2D eigenvalue weighted by atomic mass is 35.5. The van der Waals surface area contributed by atoms with Gasteiger partial charge in [0.2, 0.25) is 5.91 Å². The van der Waals surface area contributed by atoms with Crippen LogP contribution in [0.5, 0.6) is 5.75 Å². The van der Waals surface area contributed by atoms with Gasteiger partial charge in [-0.3, -0.25) is 19.4 Å². The van der Waals surface area contributed by atoms with Gasteiger partial charge in [0.25, 0.3) is 0 Å². The fourth-order valence-corrected chi connectivity index (χ4v) is 4.47. The van der Waals surface area contributed by atoms with Crippen molar-refractivity contribution in [3.8, 4) is 5.75 Å². The molecule has 2 N–H and O–H groups in total. The van der Waals surface area contributed by atoms with Crippen molar-refractivity contribution in [2.75, 3.05) is 39.3 Å². The molecule has 0 unspecified atom stereocenters. The van der Waals surface area contributed by atoms with Gasteiger partial charge in [-0.1, -0.05) is 42.5 Å². The van der Waals surface area contributed by atoms with Crippen molar-refractivity contribution < 1.29 is 23.9 Å². The van der Waals surface area contributed by atoms with Crippen molar-refractivity contribution in [3.63, 3.8) is 0 Å². The normalized spacial score (nSPS) is 14.1. The van der Waals surface area contributed by atoms with Crippen molar-refractivity contribution in [1.82, 2.24) is 9.80 Å². The molecular formula is C29H35Cl2N3O5. The van der Waals surface area contributed by atoms with Crippen LogP contribution in [-0.4, -0.2) is 72.5 Å². The molecule has 0 aliphatic carbocycles. The Morgan fingerprint density at radius 1 is 0.872 bits per heavy atom. The van der Waals surface area contributed by atoms with Crippen LogP contribution in [0.25, 0.3) is 10.8 Å². The number of nitrogens with zero attached hydrogens (tertiary/aromatic N) is 2. The summed E-state index contributed by atoms with van der Waals surface area (Å²) in [5, 5.41) is 2.10. The number of benzene rings is 3. The van der Waals surface area contributed by atoms with Crippen molar-refractivity contribution in [2.24, 2.45) is 5.73 Å². The molecule has 1 fully saturated rings. The topological polar surface area (TPSA) is 102 Å². The van der Waals surface area contributed by atoms with Crippen LogP contribution in [-0.2, 0) is 20.7 Å². The van der Waals surface area contributed by atoms with Crippen molar-refractivity contribution in [2.45, 2.75) is 25.8 Å². The second-order valence-corrected chi connectivity index (χ2v) is 9.70. The summed E-state index contributed by atoms with van der Waals surface area (Å²) < 4.78 is 10.9. The molecule has 1 heterocycles. The van der Waals surface area contributed by atoms with Gasteiger partial charge in [0.15, 0.2) is 0 Å². The number of hydrogen-bond donors (Lipinski definition) is 1. The largest absolute Gasteiger partial charge is 0.461 e. The first-order valence-corrected chi connectivity index (χ1v) is 12.5. The first-order chi connectivity index (χ1) is 17.7. The number of fused-ring (bicyclic) bond motifs is 1. The minimum atomic E-state index is -0.672. The fourth-order valence-electron chi connectivity index (χ4n) is 4.47. The van der Waals surface area contributed by atoms with Gasteiger partial charge >= 0.3 is 11.9 Å². The van der Waals surface area contributed by atoms with Gasteiger partial charge in [-0.25, -0.2) is 4.79 Å². The Balaban J connectivity index is 0.00000267. The maximum atomic E-state index is 12.5. The third kappa shape index (κ3) is 8.16. The molecule has 8 nitrogen and oxygen atoms in total. The Labute approximate surface area is 241 Å². The lowest BCUT2D eigenvalue weighted by molar-refractivity contribution is -0.133. The van der Waals surface area contributed by atoms with Gasteiger partial charge in [-0.15, -0.1) is 24.8 Å². The molecule has 1 amide bonds. The number of piperazine rings is 1. The molecule has 3 aromatic rings. The Kier molecular flexibility index (Phi) is 11.7. The molecule has 39 heavy (non-hydrogen) atoms. The minimum absolute atomic E-state index is 0. The predicted molar refractivity (Wildman–Crippen MR) is 156 cm³/mol. The Bertz CT molecular complexity index is 1270. The lowest BCUT2D eigenvalue weighted by Crippen LogP contribution is -2.59. The first-order valence-electron chi connectivity index (χ1n) is 12.5. The van der Waals surface area contributed by atoms with E-state index in [2.05, 4.69) is 9.80 Å². The summed E-state index contributed by atoms with van der Waals surface area (Å²) in [7, 11) is 0. The van der Waals surface area contributed by atoms with Gasteiger partial charge in [0, 0.05) is 32.7 Å². The minimum Gasteiger partial charge on any atom is -0.461 e. The van der Waals surface area contributed by atoms with Crippen LogP contribution in [0.3, 0.4) is 0 Å². The summed E-state index contributed by atoms with van der Waals surface area (Å²) in [6.45, 7) is 7.55. The van der Waals surface area contributed by atoms with Gasteiger partial charge in [-0.05, 0) is 54.4 Å². The van der Waals surface area contributed by atoms with Gasteiger partial charge in [0.05, 0.1) is 17.5 Å². The smallest absolute Gasteiger partial charge is 0.338 e. The second kappa shape index (κ2) is 14.3. The van der Waals surface area contributed by atoms with E-state index in [1.165, 1.54) is 0 Å². The molecule has 0 spiro atoms. The third-order valence-corrected chi connectivity index (χ3v) is 6.94. The highest BCUT2D eigenvalue weighted by molar-refractivity contribution is 5.90. The lowest BCUT2D eigenvalue weighted by Gasteiger charge is -2.42. The van der Waals surface area contributed by atoms with Crippen LogP contribution in [0.2, 0.25) is 0 Å². The number of esters is 2. The number of nitrogens with two attached hydrogens (primary N) is 1. The molecule has 1 saturated heterocycles. The van der Waals surface area contributed by atoms with E-state index in [4.69, 9.17) is 15.2 Å². The summed E-state index contributed by atoms with van der Waals surface area (Å²) in [5.74, 6) is -0.757. The molecule has 0 bridgehead atoms. The molecule has 1 aliphatic heterocycles. The number of hydrogen-bond acceptors (Lipinski definition) is 7. The summed E-state index contributed by atoms with van der Waals surface area (Å²) in [4.78, 5) is 40.9. The number of halogens is 2. The SMILES string of the molecule is CC(C)(C(N)=O)N1CCN(CCOC(=O)c2ccc(OC(=O)Cc3cccc4ccccc34)cc2)CC1.Cl.Cl. The molecule has 10 heteroatoms. The van der Waals surface area contributed by atoms with Crippen LogP contribution in [0, 0.1) is 0 Å². The van der Waals surface area contributed by atoms with Gasteiger partial charge in [0.1, 0.15) is 12.4 Å². The summed E-state index contributed by atoms with van der Waals surface area (Å²) in [6.07, 6.45) is 0.152. The van der Waals surface area contributed by atoms with Crippen LogP contribution >= 0.6 is 24.8 Å². The summed E-state index contributed by atoms with van der Waals surface area (Å²) in [5.41, 5.74) is 6.13. The zero-order valence-electron chi connectivity index (χ0n) is 22.1. The predicted octanol–water partition coefficient (Wildman–Crippen LogP) is 3.87. The number of primary amides is 1. The summed E-state index contributed by atoms with van der Waals surface area (Å²) >= 11 is 0. The average molecular weight is 577 g/mol. The third-order valence-electron chi connectivity index (χ3n) is 6.94. The van der Waals surface area contributed by atoms with E-state index in [1.54, 1.807) is 24.3 Å². The maximum absolute atomic E-state index is 12.5. The average Bonchev–Trinajstić information content (AvgIpc) is 2.89. The van der Waals surface area contributed by atoms with Gasteiger partial charge < -0.3 is 15.2 Å². The standard InChI is InChI=1S/C29H33N3O5.2ClH/c1-29(2,28(30)35)32-16-14-31(15-17-32)18-19-36-27(34)22-10-12-24(13-11-22)37-26(33)20-23-8-5-7-21-6-3-4-9-25(21)23;;/h3-13H,14-20H2,1-2H3,(H2,30,35);2*1H. The second-order valence-electron chi connectivity index (χ2n) is 9.70. The quantitative estimate of drug-likeness (QED) is 0.305. The zero-order valence-corrected chi connectivity index (χ0v) is 23.8. The van der Waals surface area contributed by atoms with E-state index in [0.717, 1.165) is 42.5 Å². The van der Waals surface area contributed by atoms with Crippen molar-refractivity contribution in [1.29, 1.82) is 0 Å². The van der Waals surface area contributed by atoms with E-state index in [-0.39, 0.29) is 49.7 Å². The monoisotopic (exact) mass is 575 g/mol. The maximum Gasteiger partial charge on any atom is 0.338 e. The molecule has 0 atom stereocenters. The Morgan fingerprint density at radius 2 is 1.51 bits per heavy atom. The highest BCUT2D eigenvalue weighted by Gasteiger charge is 2.34. The van der Waals surface area contributed by atoms with E-state index in [9.17, 15) is 14.4 Å². The van der Waals surface area contributed by atoms with Crippen molar-refractivity contribution >= 4 is 53.4 Å². The summed E-state index contributed by atoms with van der Waals surface area (Å²) in [6, 6.07) is 20.1. The van der Waals surface area contributed by atoms with E-state index < -0.39 is 11.5 Å². The van der Waals surface area contributed by atoms with Gasteiger partial charge in [-0.2, -0.15) is 0 Å². The molecule has 0 aromatic heterocycles. The van der Waals surface area contributed by atoms with E-state index >= 15 is 0 Å². The molecule has 1 aliphatic rings. The van der Waals surface area contributed by atoms with Crippen LogP contribution in [0.1, 0.15) is 29.8 Å². The first kappa shape index (κ1) is 32.0. The Morgan fingerprint density at radius 3 is 2.18 bits per heavy atom. The molecule has 0 radical (unpaired) electrons. The molecular weight excluding hydrogens is 541 g/mol. The fraction of sp³-hybridized carbons (Fsp3) is 0.345. The molecule has 3 aromatic carbocycles. The highest BCUT2D eigenvalue weighted by Crippen LogP contribution is 2.21. The number of ether oxygens (including phenoxy) is 2. The van der Waals surface area contributed by atoms with Crippen molar-refractivity contribution in [3.05, 3.63) is 77.9 Å². The van der Waals surface area contributed by atoms with Crippen LogP contribution in [0.15, 0.2) is 66.7 Å². The van der Waals surface area contributed by atoms with Crippen LogP contribution in [0.4, 0.5) is 0 Å². The molecule has 4 rings (SSSR count). The van der Waals surface area contributed by atoms with E-state index in [0.29, 0.717) is 17.9 Å². The number of rotatable bonds is 9. The number of amides is 1. The van der Waals surface area contributed by atoms with E-state index in [1.807, 2.05) is 56.3 Å². The van der Waals surface area contributed by atoms with Crippen LogP contribution < -0.4 is 10.5 Å². The number of carbonyl (C=O) groups excluding carboxylic acids is 3. The molecule has 0 saturated carbocycles. The number of carbonyl (C=O) groups is 3. The molecule has 210 valence electrons. The Hall–Kier alpha value is -3.17. The lowest BCUT2D eigenvalue weighted by atomic mass is 10.0. The zero-order chi connectivity index (χ0) is 26.4.